The van der Waals surface area contributed by atoms with Crippen LogP contribution in [0.25, 0.3) is 0 Å². The number of aromatic nitrogens is 1. The van der Waals surface area contributed by atoms with Gasteiger partial charge in [-0.25, -0.2) is 18.2 Å². The van der Waals surface area contributed by atoms with Gasteiger partial charge < -0.3 is 9.52 Å². The molecule has 0 amide bonds. The number of furan rings is 1. The zero-order valence-corrected chi connectivity index (χ0v) is 12.5. The summed E-state index contributed by atoms with van der Waals surface area (Å²) in [6.07, 6.45) is 1.46. The smallest absolute Gasteiger partial charge is 0.340 e. The Morgan fingerprint density at radius 2 is 1.95 bits per heavy atom. The van der Waals surface area contributed by atoms with Gasteiger partial charge in [-0.2, -0.15) is 0 Å². The summed E-state index contributed by atoms with van der Waals surface area (Å²) in [6, 6.07) is 3.26. The van der Waals surface area contributed by atoms with Gasteiger partial charge in [-0.05, 0) is 38.5 Å². The van der Waals surface area contributed by atoms with Crippen LogP contribution in [0, 0.1) is 20.8 Å². The third-order valence-electron chi connectivity index (χ3n) is 2.84. The van der Waals surface area contributed by atoms with Crippen LogP contribution in [-0.4, -0.2) is 24.5 Å². The topological polar surface area (TPSA) is 110 Å². The number of carboxylic acids is 1. The van der Waals surface area contributed by atoms with E-state index in [1.807, 2.05) is 0 Å². The fourth-order valence-corrected chi connectivity index (χ4v) is 3.42. The minimum absolute atomic E-state index is 0.0186. The number of aryl methyl sites for hydroxylation is 3. The monoisotopic (exact) mass is 310 g/mol. The first-order chi connectivity index (χ1) is 9.72. The molecule has 0 spiro atoms. The van der Waals surface area contributed by atoms with Gasteiger partial charge in [-0.15, -0.1) is 0 Å². The normalized spacial score (nSPS) is 11.4. The Morgan fingerprint density at radius 3 is 2.52 bits per heavy atom. The number of hydrogen-bond acceptors (Lipinski definition) is 5. The molecular formula is C13H14N2O5S. The molecule has 2 N–H and O–H groups in total. The van der Waals surface area contributed by atoms with Gasteiger partial charge in [-0.1, -0.05) is 0 Å². The van der Waals surface area contributed by atoms with Crippen molar-refractivity contribution >= 4 is 21.8 Å². The molecule has 0 unspecified atom stereocenters. The Hall–Kier alpha value is -2.35. The molecule has 0 saturated heterocycles. The number of carbonyl (C=O) groups is 1. The van der Waals surface area contributed by atoms with Gasteiger partial charge in [0.15, 0.2) is 0 Å². The highest BCUT2D eigenvalue weighted by Crippen LogP contribution is 2.28. The number of rotatable bonds is 4. The van der Waals surface area contributed by atoms with Gasteiger partial charge in [0.2, 0.25) is 0 Å². The van der Waals surface area contributed by atoms with Gasteiger partial charge in [-0.3, -0.25) is 4.72 Å². The Labute approximate surface area is 121 Å². The van der Waals surface area contributed by atoms with E-state index in [1.54, 1.807) is 19.1 Å². The Kier molecular flexibility index (Phi) is 3.73. The van der Waals surface area contributed by atoms with Crippen molar-refractivity contribution in [2.45, 2.75) is 25.7 Å². The van der Waals surface area contributed by atoms with E-state index in [9.17, 15) is 13.2 Å². The lowest BCUT2D eigenvalue weighted by Crippen LogP contribution is -2.17. The van der Waals surface area contributed by atoms with E-state index in [-0.39, 0.29) is 27.8 Å². The third kappa shape index (κ3) is 2.89. The van der Waals surface area contributed by atoms with Crippen LogP contribution in [0.4, 0.5) is 5.82 Å². The van der Waals surface area contributed by atoms with Crippen LogP contribution in [0.3, 0.4) is 0 Å². The van der Waals surface area contributed by atoms with E-state index in [0.29, 0.717) is 0 Å². The van der Waals surface area contributed by atoms with E-state index in [4.69, 9.17) is 9.52 Å². The van der Waals surface area contributed by atoms with E-state index >= 15 is 0 Å². The SMILES string of the molecule is Cc1ccnc(NS(=O)(=O)c2c(C)oc(C)c2C(=O)O)c1. The highest BCUT2D eigenvalue weighted by atomic mass is 32.2. The molecule has 0 radical (unpaired) electrons. The lowest BCUT2D eigenvalue weighted by Gasteiger charge is -2.07. The minimum Gasteiger partial charge on any atom is -0.478 e. The Bertz CT molecular complexity index is 808. The maximum Gasteiger partial charge on any atom is 0.340 e. The Balaban J connectivity index is 2.53. The van der Waals surface area contributed by atoms with Crippen molar-refractivity contribution in [3.8, 4) is 0 Å². The average molecular weight is 310 g/mol. The third-order valence-corrected chi connectivity index (χ3v) is 4.35. The highest BCUT2D eigenvalue weighted by Gasteiger charge is 2.31. The van der Waals surface area contributed by atoms with Crippen LogP contribution in [0.5, 0.6) is 0 Å². The van der Waals surface area contributed by atoms with Gasteiger partial charge >= 0.3 is 5.97 Å². The molecule has 0 saturated carbocycles. The molecular weight excluding hydrogens is 296 g/mol. The van der Waals surface area contributed by atoms with Crippen LogP contribution in [0.2, 0.25) is 0 Å². The number of nitrogens with one attached hydrogen (secondary N) is 1. The molecule has 8 heteroatoms. The molecule has 21 heavy (non-hydrogen) atoms. The number of hydrogen-bond donors (Lipinski definition) is 2. The van der Waals surface area contributed by atoms with Gasteiger partial charge in [0, 0.05) is 6.20 Å². The second-order valence-corrected chi connectivity index (χ2v) is 6.17. The van der Waals surface area contributed by atoms with Crippen LogP contribution in [-0.2, 0) is 10.0 Å². The van der Waals surface area contributed by atoms with E-state index in [2.05, 4.69) is 9.71 Å². The molecule has 0 bridgehead atoms. The summed E-state index contributed by atoms with van der Waals surface area (Å²) in [5.74, 6) is -1.19. The molecule has 2 aromatic rings. The Morgan fingerprint density at radius 1 is 1.29 bits per heavy atom. The second-order valence-electron chi connectivity index (χ2n) is 4.55. The first-order valence-corrected chi connectivity index (χ1v) is 7.49. The average Bonchev–Trinajstić information content (AvgIpc) is 2.64. The summed E-state index contributed by atoms with van der Waals surface area (Å²) >= 11 is 0. The number of aromatic carboxylic acids is 1. The summed E-state index contributed by atoms with van der Waals surface area (Å²) in [5, 5.41) is 9.17. The van der Waals surface area contributed by atoms with E-state index in [1.165, 1.54) is 20.0 Å². The van der Waals surface area contributed by atoms with Gasteiger partial charge in [0.05, 0.1) is 0 Å². The molecule has 2 aromatic heterocycles. The molecule has 112 valence electrons. The number of sulfonamides is 1. The zero-order valence-electron chi connectivity index (χ0n) is 11.7. The molecule has 0 aliphatic carbocycles. The number of pyridine rings is 1. The summed E-state index contributed by atoms with van der Waals surface area (Å²) < 4.78 is 32.2. The largest absolute Gasteiger partial charge is 0.478 e. The van der Waals surface area contributed by atoms with Crippen molar-refractivity contribution in [2.75, 3.05) is 4.72 Å². The summed E-state index contributed by atoms with van der Waals surface area (Å²) in [5.41, 5.74) is 0.453. The van der Waals surface area contributed by atoms with Crippen LogP contribution in [0.1, 0.15) is 27.4 Å². The fraction of sp³-hybridized carbons (Fsp3) is 0.231. The predicted octanol–water partition coefficient (Wildman–Crippen LogP) is 2.10. The maximum atomic E-state index is 12.4. The van der Waals surface area contributed by atoms with Crippen LogP contribution in [0.15, 0.2) is 27.6 Å². The van der Waals surface area contributed by atoms with Crippen molar-refractivity contribution in [3.63, 3.8) is 0 Å². The number of carboxylic acid groups (broad SMARTS) is 1. The zero-order chi connectivity index (χ0) is 15.8. The highest BCUT2D eigenvalue weighted by molar-refractivity contribution is 7.92. The summed E-state index contributed by atoms with van der Waals surface area (Å²) in [4.78, 5) is 14.8. The van der Waals surface area contributed by atoms with Gasteiger partial charge in [0.25, 0.3) is 10.0 Å². The van der Waals surface area contributed by atoms with Crippen molar-refractivity contribution in [2.24, 2.45) is 0 Å². The fourth-order valence-electron chi connectivity index (χ4n) is 2.01. The lowest BCUT2D eigenvalue weighted by atomic mass is 10.2. The molecule has 2 heterocycles. The molecule has 0 fully saturated rings. The van der Waals surface area contributed by atoms with Crippen LogP contribution >= 0.6 is 0 Å². The predicted molar refractivity (Wildman–Crippen MR) is 74.9 cm³/mol. The number of nitrogens with zero attached hydrogens (tertiary/aromatic N) is 1. The van der Waals surface area contributed by atoms with Gasteiger partial charge in [0.1, 0.15) is 27.8 Å². The second kappa shape index (κ2) is 5.21. The van der Waals surface area contributed by atoms with Crippen LogP contribution < -0.4 is 4.72 Å². The van der Waals surface area contributed by atoms with Crippen molar-refractivity contribution in [1.82, 2.24) is 4.98 Å². The maximum absolute atomic E-state index is 12.4. The molecule has 2 rings (SSSR count). The first-order valence-electron chi connectivity index (χ1n) is 6.01. The standard InChI is InChI=1S/C13H14N2O5S/c1-7-4-5-14-10(6-7)15-21(18,19)12-9(3)20-8(2)11(12)13(16)17/h4-6H,1-3H3,(H,14,15)(H,16,17). The number of anilines is 1. The molecule has 0 aliphatic rings. The summed E-state index contributed by atoms with van der Waals surface area (Å²) in [6.45, 7) is 4.59. The molecule has 7 nitrogen and oxygen atoms in total. The van der Waals surface area contributed by atoms with Crippen molar-refractivity contribution < 1.29 is 22.7 Å². The molecule has 0 atom stereocenters. The van der Waals surface area contributed by atoms with Crippen molar-refractivity contribution in [3.05, 3.63) is 41.0 Å². The first kappa shape index (κ1) is 15.0. The lowest BCUT2D eigenvalue weighted by molar-refractivity contribution is 0.0691. The summed E-state index contributed by atoms with van der Waals surface area (Å²) in [7, 11) is -4.10. The molecule has 0 aromatic carbocycles. The molecule has 0 aliphatic heterocycles. The minimum atomic E-state index is -4.10. The van der Waals surface area contributed by atoms with E-state index in [0.717, 1.165) is 5.56 Å². The quantitative estimate of drug-likeness (QED) is 0.895. The van der Waals surface area contributed by atoms with E-state index < -0.39 is 16.0 Å². The van der Waals surface area contributed by atoms with Crippen molar-refractivity contribution in [1.29, 1.82) is 0 Å².